The van der Waals surface area contributed by atoms with Gasteiger partial charge in [0.15, 0.2) is 0 Å². The van der Waals surface area contributed by atoms with Gasteiger partial charge in [0, 0.05) is 44.1 Å². The van der Waals surface area contributed by atoms with E-state index in [2.05, 4.69) is 53.6 Å². The molecular weight excluding hydrogens is 432 g/mol. The van der Waals surface area contributed by atoms with Gasteiger partial charge in [-0.05, 0) is 5.56 Å². The Balaban J connectivity index is 1.51. The minimum atomic E-state index is -0.189. The number of ether oxygens (including phenoxy) is 1. The van der Waals surface area contributed by atoms with E-state index in [4.69, 9.17) is 9.72 Å². The van der Waals surface area contributed by atoms with E-state index >= 15 is 0 Å². The summed E-state index contributed by atoms with van der Waals surface area (Å²) in [6.07, 6.45) is 0. The molecular formula is C26H32N4O2S. The Kier molecular flexibility index (Phi) is 7.75. The first-order chi connectivity index (χ1) is 16.0. The number of carbonyl (C=O) groups excluding carboxylic acids is 1. The summed E-state index contributed by atoms with van der Waals surface area (Å²) in [6, 6.07) is 20.3. The lowest BCUT2D eigenvalue weighted by atomic mass is 9.94. The number of benzene rings is 2. The third kappa shape index (κ3) is 5.79. The maximum Gasteiger partial charge on any atom is 0.320 e. The highest BCUT2D eigenvalue weighted by Crippen LogP contribution is 2.36. The van der Waals surface area contributed by atoms with E-state index in [0.29, 0.717) is 12.5 Å². The number of nitrogens with one attached hydrogen (secondary N) is 2. The highest BCUT2D eigenvalue weighted by Gasteiger charge is 2.34. The highest BCUT2D eigenvalue weighted by molar-refractivity contribution is 7.16. The molecule has 1 aromatic heterocycles. The fraction of sp³-hybridized carbons (Fsp3) is 0.385. The molecule has 1 aliphatic heterocycles. The second-order valence-corrected chi connectivity index (χ2v) is 9.76. The molecule has 0 spiro atoms. The average Bonchev–Trinajstić information content (AvgIpc) is 3.43. The number of methoxy groups -OCH3 is 1. The topological polar surface area (TPSA) is 66.5 Å². The lowest BCUT2D eigenvalue weighted by Gasteiger charge is -2.20. The quantitative estimate of drug-likeness (QED) is 0.483. The van der Waals surface area contributed by atoms with Gasteiger partial charge >= 0.3 is 6.03 Å². The molecule has 0 aliphatic carbocycles. The normalized spacial score (nSPS) is 18.5. The predicted molar refractivity (Wildman–Crippen MR) is 135 cm³/mol. The molecule has 7 heteroatoms. The summed E-state index contributed by atoms with van der Waals surface area (Å²) < 4.78 is 5.27. The van der Waals surface area contributed by atoms with Crippen molar-refractivity contribution in [1.29, 1.82) is 0 Å². The fourth-order valence-corrected chi connectivity index (χ4v) is 5.23. The van der Waals surface area contributed by atoms with Crippen molar-refractivity contribution >= 4 is 22.4 Å². The van der Waals surface area contributed by atoms with Crippen molar-refractivity contribution in [2.45, 2.75) is 31.7 Å². The van der Waals surface area contributed by atoms with E-state index in [0.717, 1.165) is 40.9 Å². The van der Waals surface area contributed by atoms with Crippen LogP contribution >= 0.6 is 11.3 Å². The predicted octanol–water partition coefficient (Wildman–Crippen LogP) is 5.17. The fourth-order valence-electron chi connectivity index (χ4n) is 4.24. The number of hydrogen-bond donors (Lipinski definition) is 2. The summed E-state index contributed by atoms with van der Waals surface area (Å²) >= 11 is 1.55. The van der Waals surface area contributed by atoms with E-state index in [1.807, 2.05) is 36.4 Å². The van der Waals surface area contributed by atoms with Crippen molar-refractivity contribution in [3.63, 3.8) is 0 Å². The Hall–Kier alpha value is -2.74. The van der Waals surface area contributed by atoms with Crippen molar-refractivity contribution in [2.24, 2.45) is 0 Å². The number of aromatic nitrogens is 1. The molecule has 4 rings (SSSR count). The molecule has 1 aliphatic rings. The number of amides is 2. The molecule has 1 fully saturated rings. The Bertz CT molecular complexity index is 1040. The summed E-state index contributed by atoms with van der Waals surface area (Å²) in [5.41, 5.74) is 3.07. The molecule has 0 unspecified atom stereocenters. The van der Waals surface area contributed by atoms with Gasteiger partial charge in [0.25, 0.3) is 0 Å². The zero-order valence-corrected chi connectivity index (χ0v) is 20.3. The number of rotatable bonds is 8. The van der Waals surface area contributed by atoms with Gasteiger partial charge < -0.3 is 10.1 Å². The minimum absolute atomic E-state index is 0.0157. The molecule has 1 saturated heterocycles. The van der Waals surface area contributed by atoms with Gasteiger partial charge in [-0.1, -0.05) is 74.5 Å². The summed E-state index contributed by atoms with van der Waals surface area (Å²) in [5.74, 6) is 0.526. The van der Waals surface area contributed by atoms with Gasteiger partial charge in [0.05, 0.1) is 17.7 Å². The number of thiazole rings is 1. The Morgan fingerprint density at radius 1 is 1.12 bits per heavy atom. The van der Waals surface area contributed by atoms with Crippen LogP contribution < -0.4 is 10.6 Å². The number of carbonyl (C=O) groups is 1. The van der Waals surface area contributed by atoms with Crippen LogP contribution in [0.1, 0.15) is 36.3 Å². The first-order valence-electron chi connectivity index (χ1n) is 11.4. The molecule has 2 heterocycles. The van der Waals surface area contributed by atoms with Crippen LogP contribution in [0.15, 0.2) is 60.7 Å². The van der Waals surface area contributed by atoms with Crippen LogP contribution in [0.25, 0.3) is 11.3 Å². The zero-order chi connectivity index (χ0) is 23.2. The Morgan fingerprint density at radius 3 is 2.48 bits per heavy atom. The first-order valence-corrected chi connectivity index (χ1v) is 12.3. The van der Waals surface area contributed by atoms with Crippen LogP contribution in [-0.4, -0.2) is 55.3 Å². The third-order valence-electron chi connectivity index (χ3n) is 5.96. The van der Waals surface area contributed by atoms with Crippen molar-refractivity contribution < 1.29 is 9.53 Å². The van der Waals surface area contributed by atoms with E-state index in [-0.39, 0.29) is 18.0 Å². The largest absolute Gasteiger partial charge is 0.383 e. The number of urea groups is 1. The minimum Gasteiger partial charge on any atom is -0.383 e. The number of anilines is 1. The van der Waals surface area contributed by atoms with Crippen LogP contribution in [0.4, 0.5) is 9.80 Å². The Labute approximate surface area is 200 Å². The maximum absolute atomic E-state index is 13.1. The summed E-state index contributed by atoms with van der Waals surface area (Å²) in [7, 11) is 1.72. The number of hydrogen-bond acceptors (Lipinski definition) is 5. The Morgan fingerprint density at radius 2 is 1.82 bits per heavy atom. The highest BCUT2D eigenvalue weighted by atomic mass is 32.1. The molecule has 0 saturated carbocycles. The van der Waals surface area contributed by atoms with Gasteiger partial charge in [-0.3, -0.25) is 10.2 Å². The molecule has 2 atom stereocenters. The third-order valence-corrected chi connectivity index (χ3v) is 7.23. The summed E-state index contributed by atoms with van der Waals surface area (Å²) in [6.45, 7) is 7.46. The van der Waals surface area contributed by atoms with E-state index in [9.17, 15) is 4.79 Å². The van der Waals surface area contributed by atoms with Crippen LogP contribution in [0.5, 0.6) is 0 Å². The molecule has 2 aromatic carbocycles. The SMILES string of the molecule is COCCN1C[C@@H](NC(=O)Nc2sc(C(C)C)nc2-c2ccccc2)[C@H](c2ccccc2)C1. The monoisotopic (exact) mass is 464 g/mol. The molecule has 0 bridgehead atoms. The van der Waals surface area contributed by atoms with Gasteiger partial charge in [-0.2, -0.15) is 0 Å². The van der Waals surface area contributed by atoms with Gasteiger partial charge in [0.2, 0.25) is 0 Å². The number of likely N-dealkylation sites (tertiary alicyclic amines) is 1. The van der Waals surface area contributed by atoms with Crippen molar-refractivity contribution in [2.75, 3.05) is 38.7 Å². The van der Waals surface area contributed by atoms with Crippen molar-refractivity contribution in [3.05, 3.63) is 71.2 Å². The van der Waals surface area contributed by atoms with Crippen LogP contribution in [0.2, 0.25) is 0 Å². The van der Waals surface area contributed by atoms with Gasteiger partial charge in [0.1, 0.15) is 10.7 Å². The molecule has 0 radical (unpaired) electrons. The smallest absolute Gasteiger partial charge is 0.320 e. The molecule has 2 amide bonds. The van der Waals surface area contributed by atoms with E-state index < -0.39 is 0 Å². The summed E-state index contributed by atoms with van der Waals surface area (Å²) in [5, 5.41) is 8.15. The van der Waals surface area contributed by atoms with Crippen molar-refractivity contribution in [1.82, 2.24) is 15.2 Å². The van der Waals surface area contributed by atoms with Crippen LogP contribution in [0.3, 0.4) is 0 Å². The first kappa shape index (κ1) is 23.4. The zero-order valence-electron chi connectivity index (χ0n) is 19.5. The molecule has 3 aromatic rings. The van der Waals surface area contributed by atoms with E-state index in [1.54, 1.807) is 18.4 Å². The van der Waals surface area contributed by atoms with Crippen LogP contribution in [0, 0.1) is 0 Å². The van der Waals surface area contributed by atoms with Crippen LogP contribution in [-0.2, 0) is 4.74 Å². The van der Waals surface area contributed by atoms with Gasteiger partial charge in [-0.15, -0.1) is 11.3 Å². The lowest BCUT2D eigenvalue weighted by molar-refractivity contribution is 0.159. The number of nitrogens with zero attached hydrogens (tertiary/aromatic N) is 2. The molecule has 2 N–H and O–H groups in total. The second kappa shape index (κ2) is 10.9. The average molecular weight is 465 g/mol. The molecule has 174 valence electrons. The van der Waals surface area contributed by atoms with E-state index in [1.165, 1.54) is 5.56 Å². The summed E-state index contributed by atoms with van der Waals surface area (Å²) in [4.78, 5) is 20.3. The standard InChI is InChI=1S/C26H32N4O2S/c1-18(2)24-28-23(20-12-8-5-9-13-20)25(33-24)29-26(31)27-22-17-30(14-15-32-3)16-21(22)19-10-6-4-7-11-19/h4-13,18,21-22H,14-17H2,1-3H3,(H2,27,29,31)/t21-,22+/m0/s1. The molecule has 6 nitrogen and oxygen atoms in total. The van der Waals surface area contributed by atoms with Gasteiger partial charge in [-0.25, -0.2) is 9.78 Å². The molecule has 33 heavy (non-hydrogen) atoms. The lowest BCUT2D eigenvalue weighted by Crippen LogP contribution is -2.42. The van der Waals surface area contributed by atoms with Crippen molar-refractivity contribution in [3.8, 4) is 11.3 Å². The second-order valence-electron chi connectivity index (χ2n) is 8.73. The maximum atomic E-state index is 13.1.